The van der Waals surface area contributed by atoms with Crippen LogP contribution in [0.25, 0.3) is 0 Å². The molecule has 78 valence electrons. The van der Waals surface area contributed by atoms with Crippen LogP contribution in [-0.4, -0.2) is 23.5 Å². The van der Waals surface area contributed by atoms with Gasteiger partial charge >= 0.3 is 0 Å². The van der Waals surface area contributed by atoms with Crippen LogP contribution in [0.4, 0.5) is 5.82 Å². The minimum absolute atomic E-state index is 0.327. The van der Waals surface area contributed by atoms with Crippen molar-refractivity contribution in [3.05, 3.63) is 11.8 Å². The van der Waals surface area contributed by atoms with E-state index in [1.54, 1.807) is 7.11 Å². The van der Waals surface area contributed by atoms with E-state index in [0.29, 0.717) is 18.6 Å². The summed E-state index contributed by atoms with van der Waals surface area (Å²) in [7, 11) is 1.72. The van der Waals surface area contributed by atoms with Crippen LogP contribution in [0.5, 0.6) is 0 Å². The van der Waals surface area contributed by atoms with Gasteiger partial charge in [-0.3, -0.25) is 0 Å². The summed E-state index contributed by atoms with van der Waals surface area (Å²) >= 11 is 0. The average molecular weight is 195 g/mol. The van der Waals surface area contributed by atoms with Crippen LogP contribution in [0.3, 0.4) is 0 Å². The lowest BCUT2D eigenvalue weighted by atomic mass is 10.2. The van der Waals surface area contributed by atoms with Crippen molar-refractivity contribution in [3.8, 4) is 0 Å². The summed E-state index contributed by atoms with van der Waals surface area (Å²) in [6.07, 6.45) is 2.54. The molecule has 0 spiro atoms. The fourth-order valence-corrected chi connectivity index (χ4v) is 1.86. The first-order chi connectivity index (χ1) is 6.72. The van der Waals surface area contributed by atoms with Crippen LogP contribution < -0.4 is 5.73 Å². The van der Waals surface area contributed by atoms with Crippen LogP contribution in [-0.2, 0) is 4.74 Å². The molecule has 0 aromatic carbocycles. The Hall–Kier alpha value is -1.03. The zero-order chi connectivity index (χ0) is 10.1. The fourth-order valence-electron chi connectivity index (χ4n) is 1.86. The minimum Gasteiger partial charge on any atom is -0.384 e. The molecule has 1 aromatic rings. The van der Waals surface area contributed by atoms with E-state index in [2.05, 4.69) is 5.10 Å². The standard InChI is InChI=1S/C10H17N3O/c1-7-5-10(11)13(12-7)9(6-14-2)8-3-4-8/h5,8-9H,3-4,6,11H2,1-2H3. The molecule has 2 N–H and O–H groups in total. The van der Waals surface area contributed by atoms with Gasteiger partial charge in [0.2, 0.25) is 0 Å². The molecule has 4 heteroatoms. The summed E-state index contributed by atoms with van der Waals surface area (Å²) in [6, 6.07) is 2.24. The van der Waals surface area contributed by atoms with Crippen molar-refractivity contribution in [2.45, 2.75) is 25.8 Å². The van der Waals surface area contributed by atoms with E-state index in [9.17, 15) is 0 Å². The highest BCUT2D eigenvalue weighted by atomic mass is 16.5. The van der Waals surface area contributed by atoms with E-state index in [4.69, 9.17) is 10.5 Å². The lowest BCUT2D eigenvalue weighted by Gasteiger charge is -2.17. The van der Waals surface area contributed by atoms with E-state index in [-0.39, 0.29) is 0 Å². The average Bonchev–Trinajstić information content (AvgIpc) is 2.89. The van der Waals surface area contributed by atoms with Crippen molar-refractivity contribution in [1.82, 2.24) is 9.78 Å². The first-order valence-electron chi connectivity index (χ1n) is 5.03. The van der Waals surface area contributed by atoms with E-state index < -0.39 is 0 Å². The molecule has 1 unspecified atom stereocenters. The largest absolute Gasteiger partial charge is 0.384 e. The monoisotopic (exact) mass is 195 g/mol. The number of nitrogens with zero attached hydrogens (tertiary/aromatic N) is 2. The van der Waals surface area contributed by atoms with Gasteiger partial charge in [0.25, 0.3) is 0 Å². The van der Waals surface area contributed by atoms with Gasteiger partial charge in [-0.2, -0.15) is 5.10 Å². The predicted molar refractivity (Wildman–Crippen MR) is 55.0 cm³/mol. The van der Waals surface area contributed by atoms with Crippen LogP contribution >= 0.6 is 0 Å². The molecular weight excluding hydrogens is 178 g/mol. The molecule has 2 rings (SSSR count). The Kier molecular flexibility index (Phi) is 2.46. The van der Waals surface area contributed by atoms with E-state index >= 15 is 0 Å². The highest BCUT2D eigenvalue weighted by molar-refractivity contribution is 5.31. The molecule has 0 saturated heterocycles. The molecule has 0 radical (unpaired) electrons. The molecule has 1 aromatic heterocycles. The van der Waals surface area contributed by atoms with E-state index in [0.717, 1.165) is 11.5 Å². The Morgan fingerprint density at radius 2 is 2.43 bits per heavy atom. The third-order valence-electron chi connectivity index (χ3n) is 2.70. The highest BCUT2D eigenvalue weighted by Crippen LogP contribution is 2.40. The third-order valence-corrected chi connectivity index (χ3v) is 2.70. The highest BCUT2D eigenvalue weighted by Gasteiger charge is 2.33. The van der Waals surface area contributed by atoms with Crippen LogP contribution in [0.15, 0.2) is 6.07 Å². The van der Waals surface area contributed by atoms with Crippen molar-refractivity contribution in [2.24, 2.45) is 5.92 Å². The number of anilines is 1. The lowest BCUT2D eigenvalue weighted by Crippen LogP contribution is -2.19. The van der Waals surface area contributed by atoms with Crippen molar-refractivity contribution in [1.29, 1.82) is 0 Å². The molecular formula is C10H17N3O. The molecule has 1 atom stereocenters. The predicted octanol–water partition coefficient (Wildman–Crippen LogP) is 1.37. The number of aromatic nitrogens is 2. The fraction of sp³-hybridized carbons (Fsp3) is 0.700. The maximum absolute atomic E-state index is 5.88. The number of aryl methyl sites for hydroxylation is 1. The number of nitrogen functional groups attached to an aromatic ring is 1. The van der Waals surface area contributed by atoms with Gasteiger partial charge in [-0.05, 0) is 25.7 Å². The number of methoxy groups -OCH3 is 1. The number of rotatable bonds is 4. The molecule has 4 nitrogen and oxygen atoms in total. The van der Waals surface area contributed by atoms with Crippen molar-refractivity contribution in [3.63, 3.8) is 0 Å². The second kappa shape index (κ2) is 3.61. The topological polar surface area (TPSA) is 53.1 Å². The Morgan fingerprint density at radius 3 is 2.86 bits per heavy atom. The van der Waals surface area contributed by atoms with Crippen LogP contribution in [0, 0.1) is 12.8 Å². The van der Waals surface area contributed by atoms with Crippen LogP contribution in [0.2, 0.25) is 0 Å². The normalized spacial score (nSPS) is 18.4. The third kappa shape index (κ3) is 1.75. The molecule has 1 fully saturated rings. The maximum atomic E-state index is 5.88. The zero-order valence-electron chi connectivity index (χ0n) is 8.73. The summed E-state index contributed by atoms with van der Waals surface area (Å²) in [4.78, 5) is 0. The van der Waals surface area contributed by atoms with Gasteiger partial charge in [0.15, 0.2) is 0 Å². The Bertz CT molecular complexity index is 317. The summed E-state index contributed by atoms with van der Waals surface area (Å²) in [5.41, 5.74) is 6.86. The second-order valence-corrected chi connectivity index (χ2v) is 4.02. The first kappa shape index (κ1) is 9.52. The molecule has 14 heavy (non-hydrogen) atoms. The Labute approximate surface area is 84.0 Å². The number of hydrogen-bond acceptors (Lipinski definition) is 3. The van der Waals surface area contributed by atoms with Gasteiger partial charge in [0, 0.05) is 13.2 Å². The summed E-state index contributed by atoms with van der Waals surface area (Å²) in [5, 5.41) is 4.40. The quantitative estimate of drug-likeness (QED) is 0.789. The smallest absolute Gasteiger partial charge is 0.122 e. The first-order valence-corrected chi connectivity index (χ1v) is 5.03. The van der Waals surface area contributed by atoms with Gasteiger partial charge in [-0.25, -0.2) is 4.68 Å². The Balaban J connectivity index is 2.20. The van der Waals surface area contributed by atoms with Gasteiger partial charge in [-0.1, -0.05) is 0 Å². The maximum Gasteiger partial charge on any atom is 0.122 e. The van der Waals surface area contributed by atoms with E-state index in [1.807, 2.05) is 17.7 Å². The van der Waals surface area contributed by atoms with Gasteiger partial charge in [0.1, 0.15) is 5.82 Å². The van der Waals surface area contributed by atoms with Gasteiger partial charge in [-0.15, -0.1) is 0 Å². The van der Waals surface area contributed by atoms with Gasteiger partial charge < -0.3 is 10.5 Å². The number of ether oxygens (including phenoxy) is 1. The van der Waals surface area contributed by atoms with E-state index in [1.165, 1.54) is 12.8 Å². The summed E-state index contributed by atoms with van der Waals surface area (Å²) < 4.78 is 7.12. The molecule has 0 bridgehead atoms. The second-order valence-electron chi connectivity index (χ2n) is 4.02. The molecule has 1 saturated carbocycles. The lowest BCUT2D eigenvalue weighted by molar-refractivity contribution is 0.140. The van der Waals surface area contributed by atoms with Crippen molar-refractivity contribution >= 4 is 5.82 Å². The number of hydrogen-bond donors (Lipinski definition) is 1. The Morgan fingerprint density at radius 1 is 1.71 bits per heavy atom. The molecule has 0 aliphatic heterocycles. The molecule has 1 heterocycles. The molecule has 0 amide bonds. The SMILES string of the molecule is COCC(C1CC1)n1nc(C)cc1N. The summed E-state index contributed by atoms with van der Waals surface area (Å²) in [6.45, 7) is 2.67. The van der Waals surface area contributed by atoms with Crippen LogP contribution in [0.1, 0.15) is 24.6 Å². The van der Waals surface area contributed by atoms with Crippen molar-refractivity contribution < 1.29 is 4.74 Å². The number of nitrogens with two attached hydrogens (primary N) is 1. The molecule has 1 aliphatic rings. The molecule has 1 aliphatic carbocycles. The summed E-state index contributed by atoms with van der Waals surface area (Å²) in [5.74, 6) is 1.45. The van der Waals surface area contributed by atoms with Crippen molar-refractivity contribution in [2.75, 3.05) is 19.5 Å². The zero-order valence-corrected chi connectivity index (χ0v) is 8.73. The van der Waals surface area contributed by atoms with Gasteiger partial charge in [0.05, 0.1) is 18.3 Å². The minimum atomic E-state index is 0.327.